The van der Waals surface area contributed by atoms with Gasteiger partial charge in [-0.25, -0.2) is 0 Å². The van der Waals surface area contributed by atoms with Crippen molar-refractivity contribution in [2.45, 2.75) is 32.1 Å². The van der Waals surface area contributed by atoms with Crippen molar-refractivity contribution in [2.24, 2.45) is 0 Å². The van der Waals surface area contributed by atoms with E-state index in [2.05, 4.69) is 41.7 Å². The smallest absolute Gasteiger partial charge is 0.259 e. The standard InChI is InChI=1S/C36H31Cl2NO2/c1-23(2)29-22-30(37)24(3)33(34(29)40)35(41)39-32-20-19-28(21-31(32)38)36(25-13-7-4-8-14-25,26-15-9-5-10-16-26)27-17-11-6-12-18-27/h4-23,40H,1-3H3,(H,39,41). The summed E-state index contributed by atoms with van der Waals surface area (Å²) < 4.78 is 0. The molecule has 5 heteroatoms. The van der Waals surface area contributed by atoms with Crippen LogP contribution in [0.1, 0.15) is 63.5 Å². The van der Waals surface area contributed by atoms with Crippen LogP contribution in [-0.4, -0.2) is 11.0 Å². The van der Waals surface area contributed by atoms with Crippen LogP contribution in [0, 0.1) is 6.92 Å². The first-order valence-corrected chi connectivity index (χ1v) is 14.3. The van der Waals surface area contributed by atoms with Crippen LogP contribution in [0.15, 0.2) is 115 Å². The molecule has 1 amide bonds. The maximum absolute atomic E-state index is 13.5. The van der Waals surface area contributed by atoms with E-state index in [-0.39, 0.29) is 17.2 Å². The van der Waals surface area contributed by atoms with Crippen LogP contribution in [0.3, 0.4) is 0 Å². The summed E-state index contributed by atoms with van der Waals surface area (Å²) in [5.74, 6) is -0.549. The van der Waals surface area contributed by atoms with Gasteiger partial charge in [-0.3, -0.25) is 4.79 Å². The van der Waals surface area contributed by atoms with Crippen LogP contribution in [0.4, 0.5) is 5.69 Å². The van der Waals surface area contributed by atoms with Gasteiger partial charge in [0.25, 0.3) is 5.91 Å². The lowest BCUT2D eigenvalue weighted by atomic mass is 9.65. The van der Waals surface area contributed by atoms with Crippen molar-refractivity contribution >= 4 is 34.8 Å². The molecule has 5 aromatic rings. The third-order valence-corrected chi connectivity index (χ3v) is 8.35. The van der Waals surface area contributed by atoms with Crippen molar-refractivity contribution in [1.29, 1.82) is 0 Å². The molecule has 206 valence electrons. The molecule has 2 N–H and O–H groups in total. The predicted octanol–water partition coefficient (Wildman–Crippen LogP) is 9.77. The topological polar surface area (TPSA) is 49.3 Å². The normalized spacial score (nSPS) is 11.5. The zero-order chi connectivity index (χ0) is 29.1. The molecule has 0 heterocycles. The fraction of sp³-hybridized carbons (Fsp3) is 0.139. The molecule has 3 nitrogen and oxygen atoms in total. The molecule has 0 radical (unpaired) electrons. The van der Waals surface area contributed by atoms with E-state index < -0.39 is 11.3 Å². The molecule has 5 rings (SSSR count). The minimum absolute atomic E-state index is 0.00963. The van der Waals surface area contributed by atoms with Crippen molar-refractivity contribution in [3.63, 3.8) is 0 Å². The summed E-state index contributed by atoms with van der Waals surface area (Å²) in [6.07, 6.45) is 0. The lowest BCUT2D eigenvalue weighted by molar-refractivity contribution is 0.102. The first kappa shape index (κ1) is 28.5. The number of phenolic OH excluding ortho intramolecular Hbond substituents is 1. The number of carbonyl (C=O) groups is 1. The monoisotopic (exact) mass is 579 g/mol. The molecule has 41 heavy (non-hydrogen) atoms. The van der Waals surface area contributed by atoms with Crippen molar-refractivity contribution in [2.75, 3.05) is 5.32 Å². The van der Waals surface area contributed by atoms with E-state index in [0.717, 1.165) is 22.3 Å². The van der Waals surface area contributed by atoms with Gasteiger partial charge < -0.3 is 10.4 Å². The summed E-state index contributed by atoms with van der Waals surface area (Å²) in [6.45, 7) is 5.60. The van der Waals surface area contributed by atoms with Gasteiger partial charge in [-0.2, -0.15) is 0 Å². The van der Waals surface area contributed by atoms with Crippen LogP contribution in [-0.2, 0) is 5.41 Å². The lowest BCUT2D eigenvalue weighted by Gasteiger charge is -2.37. The Morgan fingerprint density at radius 3 is 1.63 bits per heavy atom. The van der Waals surface area contributed by atoms with Gasteiger partial charge in [-0.15, -0.1) is 0 Å². The summed E-state index contributed by atoms with van der Waals surface area (Å²) >= 11 is 13.4. The first-order chi connectivity index (χ1) is 19.7. The largest absolute Gasteiger partial charge is 0.507 e. The van der Waals surface area contributed by atoms with Gasteiger partial charge in [0.1, 0.15) is 5.75 Å². The van der Waals surface area contributed by atoms with Crippen LogP contribution >= 0.6 is 23.2 Å². The van der Waals surface area contributed by atoms with Gasteiger partial charge in [-0.1, -0.05) is 134 Å². The molecule has 5 aromatic carbocycles. The molecule has 0 saturated heterocycles. The Bertz CT molecular complexity index is 1590. The fourth-order valence-electron chi connectivity index (χ4n) is 5.57. The minimum Gasteiger partial charge on any atom is -0.507 e. The molecule has 0 fully saturated rings. The number of hydrogen-bond donors (Lipinski definition) is 2. The summed E-state index contributed by atoms with van der Waals surface area (Å²) in [7, 11) is 0. The quantitative estimate of drug-likeness (QED) is 0.188. The maximum Gasteiger partial charge on any atom is 0.259 e. The Morgan fingerprint density at radius 1 is 0.707 bits per heavy atom. The van der Waals surface area contributed by atoms with E-state index in [1.54, 1.807) is 13.0 Å². The molecule has 0 unspecified atom stereocenters. The van der Waals surface area contributed by atoms with Crippen molar-refractivity contribution in [3.05, 3.63) is 164 Å². The van der Waals surface area contributed by atoms with E-state index in [1.165, 1.54) is 0 Å². The van der Waals surface area contributed by atoms with E-state index in [0.29, 0.717) is 26.9 Å². The van der Waals surface area contributed by atoms with Crippen molar-refractivity contribution in [3.8, 4) is 5.75 Å². The van der Waals surface area contributed by atoms with Gasteiger partial charge >= 0.3 is 0 Å². The second-order valence-corrected chi connectivity index (χ2v) is 11.3. The Morgan fingerprint density at radius 2 is 1.20 bits per heavy atom. The van der Waals surface area contributed by atoms with Gasteiger partial charge in [0.05, 0.1) is 21.7 Å². The summed E-state index contributed by atoms with van der Waals surface area (Å²) in [5.41, 5.74) is 5.27. The Balaban J connectivity index is 1.64. The minimum atomic E-state index is -0.663. The molecule has 0 spiro atoms. The van der Waals surface area contributed by atoms with E-state index in [9.17, 15) is 9.90 Å². The molecule has 0 saturated carbocycles. The number of carbonyl (C=O) groups excluding carboxylic acids is 1. The Hall–Kier alpha value is -4.05. The summed E-state index contributed by atoms with van der Waals surface area (Å²) in [4.78, 5) is 13.5. The number of nitrogens with one attached hydrogen (secondary N) is 1. The number of rotatable bonds is 7. The van der Waals surface area contributed by atoms with Crippen molar-refractivity contribution < 1.29 is 9.90 Å². The molecular formula is C36H31Cl2NO2. The molecular weight excluding hydrogens is 549 g/mol. The second kappa shape index (κ2) is 11.8. The first-order valence-electron chi connectivity index (χ1n) is 13.5. The fourth-order valence-corrected chi connectivity index (χ4v) is 6.01. The third-order valence-electron chi connectivity index (χ3n) is 7.65. The van der Waals surface area contributed by atoms with Crippen LogP contribution in [0.2, 0.25) is 10.0 Å². The third kappa shape index (κ3) is 5.24. The lowest BCUT2D eigenvalue weighted by Crippen LogP contribution is -2.31. The van der Waals surface area contributed by atoms with Gasteiger partial charge in [-0.05, 0) is 64.4 Å². The van der Waals surface area contributed by atoms with Gasteiger partial charge in [0.15, 0.2) is 0 Å². The summed E-state index contributed by atoms with van der Waals surface area (Å²) in [6, 6.07) is 38.5. The SMILES string of the molecule is Cc1c(Cl)cc(C(C)C)c(O)c1C(=O)Nc1ccc(C(c2ccccc2)(c2ccccc2)c2ccccc2)cc1Cl. The highest BCUT2D eigenvalue weighted by Crippen LogP contribution is 2.46. The number of anilines is 1. The van der Waals surface area contributed by atoms with Crippen LogP contribution in [0.25, 0.3) is 0 Å². The highest BCUT2D eigenvalue weighted by Gasteiger charge is 2.38. The molecule has 0 aliphatic carbocycles. The van der Waals surface area contributed by atoms with E-state index in [4.69, 9.17) is 23.2 Å². The Kier molecular flexibility index (Phi) is 8.21. The summed E-state index contributed by atoms with van der Waals surface area (Å²) in [5, 5.41) is 14.7. The maximum atomic E-state index is 13.5. The average molecular weight is 581 g/mol. The zero-order valence-electron chi connectivity index (χ0n) is 23.2. The molecule has 0 aromatic heterocycles. The number of halogens is 2. The zero-order valence-corrected chi connectivity index (χ0v) is 24.7. The van der Waals surface area contributed by atoms with Crippen LogP contribution in [0.5, 0.6) is 5.75 Å². The molecule has 0 atom stereocenters. The predicted molar refractivity (Wildman–Crippen MR) is 170 cm³/mol. The number of aromatic hydroxyl groups is 1. The van der Waals surface area contributed by atoms with Crippen LogP contribution < -0.4 is 5.32 Å². The number of phenols is 1. The van der Waals surface area contributed by atoms with Gasteiger partial charge in [0.2, 0.25) is 0 Å². The second-order valence-electron chi connectivity index (χ2n) is 10.4. The number of amides is 1. The number of benzene rings is 5. The average Bonchev–Trinajstić information content (AvgIpc) is 2.98. The van der Waals surface area contributed by atoms with E-state index >= 15 is 0 Å². The van der Waals surface area contributed by atoms with Gasteiger partial charge in [0, 0.05) is 5.02 Å². The Labute approximate surface area is 251 Å². The van der Waals surface area contributed by atoms with Crippen molar-refractivity contribution in [1.82, 2.24) is 0 Å². The van der Waals surface area contributed by atoms with E-state index in [1.807, 2.05) is 86.6 Å². The highest BCUT2D eigenvalue weighted by atomic mass is 35.5. The molecule has 0 aliphatic heterocycles. The molecule has 0 aliphatic rings. The number of hydrogen-bond acceptors (Lipinski definition) is 2. The highest BCUT2D eigenvalue weighted by molar-refractivity contribution is 6.34. The molecule has 0 bridgehead atoms.